The Morgan fingerprint density at radius 2 is 2.22 bits per heavy atom. The average Bonchev–Trinajstić information content (AvgIpc) is 2.79. The Balaban J connectivity index is 2.06. The van der Waals surface area contributed by atoms with Gasteiger partial charge in [0.05, 0.1) is 5.02 Å². The molecule has 0 saturated carbocycles. The number of fused-ring (bicyclic) bond motifs is 1. The van der Waals surface area contributed by atoms with Crippen LogP contribution in [-0.2, 0) is 6.42 Å². The summed E-state index contributed by atoms with van der Waals surface area (Å²) in [5, 5.41) is 0.625. The lowest BCUT2D eigenvalue weighted by Crippen LogP contribution is -2.09. The third-order valence-corrected chi connectivity index (χ3v) is 3.63. The van der Waals surface area contributed by atoms with Crippen LogP contribution in [-0.4, -0.2) is 11.5 Å². The number of rotatable bonds is 6. The summed E-state index contributed by atoms with van der Waals surface area (Å²) in [6.45, 7) is 2.95. The Morgan fingerprint density at radius 3 is 2.89 bits per heavy atom. The summed E-state index contributed by atoms with van der Waals surface area (Å²) in [5.41, 5.74) is 7.13. The first-order valence-electron chi connectivity index (χ1n) is 6.48. The molecule has 3 nitrogen and oxygen atoms in total. The van der Waals surface area contributed by atoms with E-state index in [1.165, 1.54) is 0 Å². The molecule has 0 bridgehead atoms. The van der Waals surface area contributed by atoms with Crippen molar-refractivity contribution in [1.29, 1.82) is 0 Å². The molecule has 0 saturated heterocycles. The molecule has 98 valence electrons. The number of nitrogens with zero attached hydrogens (tertiary/aromatic N) is 1. The molecule has 2 rings (SSSR count). The predicted octanol–water partition coefficient (Wildman–Crippen LogP) is 3.79. The van der Waals surface area contributed by atoms with Crippen LogP contribution in [0.3, 0.4) is 0 Å². The van der Waals surface area contributed by atoms with Crippen LogP contribution in [0.1, 0.15) is 32.1 Å². The molecule has 1 heterocycles. The van der Waals surface area contributed by atoms with Crippen molar-refractivity contribution >= 4 is 22.7 Å². The highest BCUT2D eigenvalue weighted by molar-refractivity contribution is 6.34. The van der Waals surface area contributed by atoms with E-state index in [0.29, 0.717) is 16.5 Å². The van der Waals surface area contributed by atoms with Crippen LogP contribution >= 0.6 is 11.6 Å². The Hall–Kier alpha value is -1.06. The zero-order chi connectivity index (χ0) is 13.0. The summed E-state index contributed by atoms with van der Waals surface area (Å²) >= 11 is 6.06. The molecule has 1 aromatic heterocycles. The minimum absolute atomic E-state index is 0.625. The molecule has 0 aliphatic heterocycles. The van der Waals surface area contributed by atoms with E-state index in [-0.39, 0.29) is 0 Å². The van der Waals surface area contributed by atoms with E-state index in [0.717, 1.165) is 43.6 Å². The molecule has 0 spiro atoms. The predicted molar refractivity (Wildman–Crippen MR) is 74.8 cm³/mol. The Morgan fingerprint density at radius 1 is 1.39 bits per heavy atom. The Labute approximate surface area is 112 Å². The van der Waals surface area contributed by atoms with Gasteiger partial charge in [-0.3, -0.25) is 0 Å². The molecule has 0 fully saturated rings. The van der Waals surface area contributed by atoms with E-state index in [4.69, 9.17) is 21.8 Å². The van der Waals surface area contributed by atoms with Crippen LogP contribution < -0.4 is 5.73 Å². The average molecular weight is 267 g/mol. The van der Waals surface area contributed by atoms with E-state index >= 15 is 0 Å². The highest BCUT2D eigenvalue weighted by Gasteiger charge is 2.11. The van der Waals surface area contributed by atoms with Crippen LogP contribution in [0.2, 0.25) is 5.02 Å². The van der Waals surface area contributed by atoms with Crippen molar-refractivity contribution in [3.8, 4) is 0 Å². The van der Waals surface area contributed by atoms with Crippen LogP contribution in [0.5, 0.6) is 0 Å². The van der Waals surface area contributed by atoms with Gasteiger partial charge in [0.25, 0.3) is 0 Å². The van der Waals surface area contributed by atoms with Gasteiger partial charge in [0.2, 0.25) is 0 Å². The number of benzene rings is 1. The summed E-state index contributed by atoms with van der Waals surface area (Å²) in [7, 11) is 0. The van der Waals surface area contributed by atoms with E-state index < -0.39 is 0 Å². The molecule has 1 unspecified atom stereocenters. The SMILES string of the molecule is CCC(CCN)CCc1nc2cccc(Cl)c2o1. The first kappa shape index (κ1) is 13.4. The van der Waals surface area contributed by atoms with Crippen molar-refractivity contribution in [2.45, 2.75) is 32.6 Å². The maximum absolute atomic E-state index is 6.06. The van der Waals surface area contributed by atoms with E-state index in [9.17, 15) is 0 Å². The smallest absolute Gasteiger partial charge is 0.195 e. The molecule has 0 aliphatic rings. The molecule has 1 atom stereocenters. The lowest BCUT2D eigenvalue weighted by atomic mass is 9.97. The second-order valence-electron chi connectivity index (χ2n) is 4.59. The molecule has 0 radical (unpaired) electrons. The van der Waals surface area contributed by atoms with E-state index in [2.05, 4.69) is 11.9 Å². The van der Waals surface area contributed by atoms with Crippen LogP contribution in [0.15, 0.2) is 22.6 Å². The summed E-state index contributed by atoms with van der Waals surface area (Å²) in [6, 6.07) is 5.63. The Kier molecular flexibility index (Phi) is 4.61. The number of aryl methyl sites for hydroxylation is 1. The molecule has 2 aromatic rings. The lowest BCUT2D eigenvalue weighted by Gasteiger charge is -2.11. The van der Waals surface area contributed by atoms with Gasteiger partial charge in [0.15, 0.2) is 11.5 Å². The molecule has 0 aliphatic carbocycles. The fourth-order valence-electron chi connectivity index (χ4n) is 2.18. The molecule has 1 aromatic carbocycles. The largest absolute Gasteiger partial charge is 0.439 e. The van der Waals surface area contributed by atoms with Gasteiger partial charge in [0, 0.05) is 6.42 Å². The second kappa shape index (κ2) is 6.21. The number of hydrogen-bond donors (Lipinski definition) is 1. The zero-order valence-corrected chi connectivity index (χ0v) is 11.4. The van der Waals surface area contributed by atoms with E-state index in [1.54, 1.807) is 0 Å². The minimum atomic E-state index is 0.625. The third-order valence-electron chi connectivity index (χ3n) is 3.33. The first-order valence-corrected chi connectivity index (χ1v) is 6.86. The molecule has 18 heavy (non-hydrogen) atoms. The lowest BCUT2D eigenvalue weighted by molar-refractivity contribution is 0.415. The fourth-order valence-corrected chi connectivity index (χ4v) is 2.39. The first-order chi connectivity index (χ1) is 8.74. The van der Waals surface area contributed by atoms with Crippen molar-refractivity contribution in [3.05, 3.63) is 29.1 Å². The highest BCUT2D eigenvalue weighted by atomic mass is 35.5. The third kappa shape index (κ3) is 3.03. The fraction of sp³-hybridized carbons (Fsp3) is 0.500. The number of hydrogen-bond acceptors (Lipinski definition) is 3. The maximum atomic E-state index is 6.06. The zero-order valence-electron chi connectivity index (χ0n) is 10.7. The molecule has 0 amide bonds. The normalized spacial score (nSPS) is 13.1. The second-order valence-corrected chi connectivity index (χ2v) is 4.99. The van der Waals surface area contributed by atoms with Gasteiger partial charge < -0.3 is 10.2 Å². The summed E-state index contributed by atoms with van der Waals surface area (Å²) in [6.07, 6.45) is 4.14. The summed E-state index contributed by atoms with van der Waals surface area (Å²) < 4.78 is 5.70. The number of nitrogens with two attached hydrogens (primary N) is 1. The number of oxazole rings is 1. The molecule has 2 N–H and O–H groups in total. The number of halogens is 1. The van der Waals surface area contributed by atoms with Gasteiger partial charge in [-0.2, -0.15) is 0 Å². The van der Waals surface area contributed by atoms with Crippen LogP contribution in [0.4, 0.5) is 0 Å². The maximum Gasteiger partial charge on any atom is 0.195 e. The topological polar surface area (TPSA) is 52.0 Å². The number of aromatic nitrogens is 1. The van der Waals surface area contributed by atoms with Crippen molar-refractivity contribution < 1.29 is 4.42 Å². The van der Waals surface area contributed by atoms with Crippen LogP contribution in [0.25, 0.3) is 11.1 Å². The highest BCUT2D eigenvalue weighted by Crippen LogP contribution is 2.25. The summed E-state index contributed by atoms with van der Waals surface area (Å²) in [4.78, 5) is 4.46. The molecular weight excluding hydrogens is 248 g/mol. The van der Waals surface area contributed by atoms with Gasteiger partial charge >= 0.3 is 0 Å². The monoisotopic (exact) mass is 266 g/mol. The Bertz CT molecular complexity index is 509. The van der Waals surface area contributed by atoms with E-state index in [1.807, 2.05) is 18.2 Å². The van der Waals surface area contributed by atoms with Crippen molar-refractivity contribution in [2.24, 2.45) is 11.7 Å². The van der Waals surface area contributed by atoms with Crippen LogP contribution in [0, 0.1) is 5.92 Å². The van der Waals surface area contributed by atoms with Gasteiger partial charge in [-0.25, -0.2) is 4.98 Å². The van der Waals surface area contributed by atoms with Gasteiger partial charge in [-0.15, -0.1) is 0 Å². The summed E-state index contributed by atoms with van der Waals surface area (Å²) in [5.74, 6) is 1.43. The van der Waals surface area contributed by atoms with Crippen molar-refractivity contribution in [3.63, 3.8) is 0 Å². The van der Waals surface area contributed by atoms with Gasteiger partial charge in [0.1, 0.15) is 5.52 Å². The molecule has 4 heteroatoms. The standard InChI is InChI=1S/C14H19ClN2O/c1-2-10(8-9-16)6-7-13-17-12-5-3-4-11(15)14(12)18-13/h3-5,10H,2,6-9,16H2,1H3. The quantitative estimate of drug-likeness (QED) is 0.865. The number of para-hydroxylation sites is 1. The molecular formula is C14H19ClN2O. The van der Waals surface area contributed by atoms with Gasteiger partial charge in [-0.05, 0) is 37.4 Å². The van der Waals surface area contributed by atoms with Crippen molar-refractivity contribution in [1.82, 2.24) is 4.98 Å². The van der Waals surface area contributed by atoms with Crippen molar-refractivity contribution in [2.75, 3.05) is 6.54 Å². The minimum Gasteiger partial charge on any atom is -0.439 e. The van der Waals surface area contributed by atoms with Gasteiger partial charge in [-0.1, -0.05) is 31.0 Å².